The second-order valence-corrected chi connectivity index (χ2v) is 5.22. The third kappa shape index (κ3) is 3.18. The first-order valence-electron chi connectivity index (χ1n) is 6.30. The number of ether oxygens (including phenoxy) is 2. The average molecular weight is 242 g/mol. The number of rotatable bonds is 5. The number of carbonyl (C=O) groups is 1. The van der Waals surface area contributed by atoms with Gasteiger partial charge in [0.25, 0.3) is 0 Å². The van der Waals surface area contributed by atoms with E-state index in [9.17, 15) is 4.79 Å². The van der Waals surface area contributed by atoms with Gasteiger partial charge < -0.3 is 20.1 Å². The fourth-order valence-corrected chi connectivity index (χ4v) is 2.44. The Labute approximate surface area is 102 Å². The van der Waals surface area contributed by atoms with E-state index >= 15 is 0 Å². The molecule has 1 saturated heterocycles. The summed E-state index contributed by atoms with van der Waals surface area (Å²) in [4.78, 5) is 11.7. The SMILES string of the molecule is COC1CCCC1NC(=O)COC1(C)CNC1. The summed E-state index contributed by atoms with van der Waals surface area (Å²) in [6.07, 6.45) is 3.32. The van der Waals surface area contributed by atoms with Crippen LogP contribution in [0.1, 0.15) is 26.2 Å². The zero-order valence-corrected chi connectivity index (χ0v) is 10.6. The first-order chi connectivity index (χ1) is 8.13. The molecule has 5 nitrogen and oxygen atoms in total. The Balaban J connectivity index is 1.69. The molecule has 0 radical (unpaired) electrons. The zero-order chi connectivity index (χ0) is 12.3. The van der Waals surface area contributed by atoms with Crippen molar-refractivity contribution in [1.29, 1.82) is 0 Å². The summed E-state index contributed by atoms with van der Waals surface area (Å²) >= 11 is 0. The number of hydrogen-bond acceptors (Lipinski definition) is 4. The third-order valence-corrected chi connectivity index (χ3v) is 3.65. The van der Waals surface area contributed by atoms with E-state index in [2.05, 4.69) is 10.6 Å². The molecular formula is C12H22N2O3. The molecule has 1 saturated carbocycles. The molecule has 2 rings (SSSR count). The fourth-order valence-electron chi connectivity index (χ4n) is 2.44. The summed E-state index contributed by atoms with van der Waals surface area (Å²) in [6, 6.07) is 0.156. The Morgan fingerprint density at radius 1 is 1.47 bits per heavy atom. The number of carbonyl (C=O) groups excluding carboxylic acids is 1. The predicted octanol–water partition coefficient (Wildman–Crippen LogP) is 0.0486. The molecule has 98 valence electrons. The van der Waals surface area contributed by atoms with Gasteiger partial charge in [-0.15, -0.1) is 0 Å². The molecule has 0 spiro atoms. The van der Waals surface area contributed by atoms with Crippen LogP contribution in [0, 0.1) is 0 Å². The van der Waals surface area contributed by atoms with Crippen LogP contribution in [0.4, 0.5) is 0 Å². The van der Waals surface area contributed by atoms with Gasteiger partial charge in [0.15, 0.2) is 0 Å². The van der Waals surface area contributed by atoms with Crippen LogP contribution in [0.15, 0.2) is 0 Å². The fraction of sp³-hybridized carbons (Fsp3) is 0.917. The molecule has 2 aliphatic rings. The summed E-state index contributed by atoms with van der Waals surface area (Å²) in [7, 11) is 1.70. The van der Waals surface area contributed by atoms with Crippen LogP contribution >= 0.6 is 0 Å². The highest BCUT2D eigenvalue weighted by Crippen LogP contribution is 2.21. The first-order valence-corrected chi connectivity index (χ1v) is 6.30. The van der Waals surface area contributed by atoms with Crippen molar-refractivity contribution in [2.24, 2.45) is 0 Å². The van der Waals surface area contributed by atoms with Gasteiger partial charge in [0.05, 0.1) is 17.7 Å². The van der Waals surface area contributed by atoms with Crippen LogP contribution in [-0.2, 0) is 14.3 Å². The maximum atomic E-state index is 11.7. The van der Waals surface area contributed by atoms with Gasteiger partial charge in [-0.2, -0.15) is 0 Å². The molecule has 17 heavy (non-hydrogen) atoms. The van der Waals surface area contributed by atoms with Gasteiger partial charge in [-0.3, -0.25) is 4.79 Å². The quantitative estimate of drug-likeness (QED) is 0.715. The van der Waals surface area contributed by atoms with E-state index in [-0.39, 0.29) is 30.3 Å². The van der Waals surface area contributed by atoms with E-state index in [1.165, 1.54) is 0 Å². The Morgan fingerprint density at radius 2 is 2.24 bits per heavy atom. The molecule has 1 amide bonds. The Morgan fingerprint density at radius 3 is 2.82 bits per heavy atom. The third-order valence-electron chi connectivity index (χ3n) is 3.65. The van der Waals surface area contributed by atoms with Crippen molar-refractivity contribution in [3.63, 3.8) is 0 Å². The lowest BCUT2D eigenvalue weighted by Gasteiger charge is -2.38. The van der Waals surface area contributed by atoms with Crippen LogP contribution in [0.3, 0.4) is 0 Å². The van der Waals surface area contributed by atoms with Crippen molar-refractivity contribution >= 4 is 5.91 Å². The minimum atomic E-state index is -0.159. The molecular weight excluding hydrogens is 220 g/mol. The Bertz CT molecular complexity index is 279. The maximum absolute atomic E-state index is 11.7. The molecule has 1 aliphatic heterocycles. The van der Waals surface area contributed by atoms with E-state index in [1.807, 2.05) is 6.92 Å². The Hall–Kier alpha value is -0.650. The summed E-state index contributed by atoms with van der Waals surface area (Å²) in [5.41, 5.74) is -0.159. The van der Waals surface area contributed by atoms with Crippen molar-refractivity contribution in [2.45, 2.75) is 43.9 Å². The van der Waals surface area contributed by atoms with E-state index in [1.54, 1.807) is 7.11 Å². The molecule has 5 heteroatoms. The van der Waals surface area contributed by atoms with Crippen LogP contribution < -0.4 is 10.6 Å². The summed E-state index contributed by atoms with van der Waals surface area (Å²) < 4.78 is 10.9. The van der Waals surface area contributed by atoms with Gasteiger partial charge in [0.2, 0.25) is 5.91 Å². The van der Waals surface area contributed by atoms with E-state index in [0.717, 1.165) is 32.4 Å². The standard InChI is InChI=1S/C12H22N2O3/c1-12(7-13-8-12)17-6-11(15)14-9-4-3-5-10(9)16-2/h9-10,13H,3-8H2,1-2H3,(H,14,15). The molecule has 2 N–H and O–H groups in total. The van der Waals surface area contributed by atoms with Crippen molar-refractivity contribution < 1.29 is 14.3 Å². The zero-order valence-electron chi connectivity index (χ0n) is 10.6. The minimum Gasteiger partial charge on any atom is -0.379 e. The molecule has 0 aromatic rings. The number of methoxy groups -OCH3 is 1. The highest BCUT2D eigenvalue weighted by atomic mass is 16.5. The monoisotopic (exact) mass is 242 g/mol. The van der Waals surface area contributed by atoms with E-state index < -0.39 is 0 Å². The van der Waals surface area contributed by atoms with Crippen molar-refractivity contribution in [3.05, 3.63) is 0 Å². The summed E-state index contributed by atoms with van der Waals surface area (Å²) in [5, 5.41) is 6.13. The number of nitrogens with one attached hydrogen (secondary N) is 2. The highest BCUT2D eigenvalue weighted by molar-refractivity contribution is 5.77. The van der Waals surface area contributed by atoms with Crippen LogP contribution in [0.5, 0.6) is 0 Å². The normalized spacial score (nSPS) is 30.9. The lowest BCUT2D eigenvalue weighted by molar-refractivity contribution is -0.137. The molecule has 0 bridgehead atoms. The predicted molar refractivity (Wildman–Crippen MR) is 63.8 cm³/mol. The molecule has 0 aromatic carbocycles. The van der Waals surface area contributed by atoms with Crippen molar-refractivity contribution in [3.8, 4) is 0 Å². The van der Waals surface area contributed by atoms with Gasteiger partial charge in [-0.1, -0.05) is 0 Å². The topological polar surface area (TPSA) is 59.6 Å². The number of hydrogen-bond donors (Lipinski definition) is 2. The lowest BCUT2D eigenvalue weighted by Crippen LogP contribution is -2.60. The van der Waals surface area contributed by atoms with Gasteiger partial charge in [0.1, 0.15) is 6.61 Å². The van der Waals surface area contributed by atoms with Crippen molar-refractivity contribution in [1.82, 2.24) is 10.6 Å². The smallest absolute Gasteiger partial charge is 0.246 e. The lowest BCUT2D eigenvalue weighted by atomic mass is 10.0. The van der Waals surface area contributed by atoms with Gasteiger partial charge in [0, 0.05) is 20.2 Å². The summed E-state index contributed by atoms with van der Waals surface area (Å²) in [5.74, 6) is -0.0351. The first kappa shape index (κ1) is 12.8. The second kappa shape index (κ2) is 5.33. The van der Waals surface area contributed by atoms with E-state index in [4.69, 9.17) is 9.47 Å². The maximum Gasteiger partial charge on any atom is 0.246 e. The molecule has 2 fully saturated rings. The second-order valence-electron chi connectivity index (χ2n) is 5.22. The minimum absolute atomic E-state index is 0.0351. The van der Waals surface area contributed by atoms with Crippen molar-refractivity contribution in [2.75, 3.05) is 26.8 Å². The number of amides is 1. The average Bonchev–Trinajstić information content (AvgIpc) is 2.71. The molecule has 0 aromatic heterocycles. The van der Waals surface area contributed by atoms with Crippen LogP contribution in [-0.4, -0.2) is 50.5 Å². The Kier molecular flexibility index (Phi) is 4.01. The highest BCUT2D eigenvalue weighted by Gasteiger charge is 2.34. The molecule has 2 unspecified atom stereocenters. The van der Waals surface area contributed by atoms with Gasteiger partial charge >= 0.3 is 0 Å². The van der Waals surface area contributed by atoms with E-state index in [0.29, 0.717) is 0 Å². The molecule has 1 heterocycles. The molecule has 1 aliphatic carbocycles. The largest absolute Gasteiger partial charge is 0.379 e. The van der Waals surface area contributed by atoms with Gasteiger partial charge in [-0.25, -0.2) is 0 Å². The van der Waals surface area contributed by atoms with Crippen LogP contribution in [0.2, 0.25) is 0 Å². The van der Waals surface area contributed by atoms with Crippen LogP contribution in [0.25, 0.3) is 0 Å². The van der Waals surface area contributed by atoms with Gasteiger partial charge in [-0.05, 0) is 26.2 Å². The summed E-state index contributed by atoms with van der Waals surface area (Å²) in [6.45, 7) is 3.81. The molecule has 2 atom stereocenters.